The van der Waals surface area contributed by atoms with E-state index < -0.39 is 22.9 Å². The molecule has 0 bridgehead atoms. The van der Waals surface area contributed by atoms with E-state index in [1.54, 1.807) is 18.2 Å². The lowest BCUT2D eigenvalue weighted by Gasteiger charge is -2.12. The van der Waals surface area contributed by atoms with Crippen molar-refractivity contribution in [3.05, 3.63) is 87.2 Å². The van der Waals surface area contributed by atoms with Crippen molar-refractivity contribution in [3.63, 3.8) is 0 Å². The molecule has 0 aliphatic carbocycles. The zero-order chi connectivity index (χ0) is 22.1. The van der Waals surface area contributed by atoms with Crippen LogP contribution >= 0.6 is 23.4 Å². The van der Waals surface area contributed by atoms with Crippen molar-refractivity contribution < 1.29 is 28.3 Å². The number of halogens is 2. The highest BCUT2D eigenvalue weighted by Gasteiger charge is 2.35. The number of nitrogens with zero attached hydrogens (tertiary/aromatic N) is 1. The van der Waals surface area contributed by atoms with Crippen LogP contribution in [0.15, 0.2) is 63.9 Å². The van der Waals surface area contributed by atoms with E-state index >= 15 is 0 Å². The highest BCUT2D eigenvalue weighted by molar-refractivity contribution is 8.18. The molecule has 31 heavy (non-hydrogen) atoms. The third-order valence-corrected chi connectivity index (χ3v) is 5.75. The van der Waals surface area contributed by atoms with Gasteiger partial charge in [-0.15, -0.1) is 0 Å². The third-order valence-electron chi connectivity index (χ3n) is 4.51. The number of hydrogen-bond donors (Lipinski definition) is 1. The molecule has 1 N–H and O–H groups in total. The number of amides is 2. The summed E-state index contributed by atoms with van der Waals surface area (Å²) < 4.78 is 18.8. The average Bonchev–Trinajstić information content (AvgIpc) is 3.30. The fourth-order valence-corrected chi connectivity index (χ4v) is 3.98. The van der Waals surface area contributed by atoms with E-state index in [9.17, 15) is 23.9 Å². The molecule has 1 fully saturated rings. The van der Waals surface area contributed by atoms with E-state index in [2.05, 4.69) is 0 Å². The molecule has 2 amide bonds. The second-order valence-corrected chi connectivity index (χ2v) is 8.00. The van der Waals surface area contributed by atoms with Crippen molar-refractivity contribution in [2.45, 2.75) is 6.54 Å². The molecule has 2 aromatic carbocycles. The van der Waals surface area contributed by atoms with Crippen molar-refractivity contribution in [3.8, 4) is 11.3 Å². The quantitative estimate of drug-likeness (QED) is 0.496. The molecular weight excluding hydrogens is 445 g/mol. The van der Waals surface area contributed by atoms with Gasteiger partial charge in [0.15, 0.2) is 0 Å². The molecule has 4 rings (SSSR count). The zero-order valence-electron chi connectivity index (χ0n) is 15.7. The number of carbonyl (C=O) groups excluding carboxylic acids is 2. The molecule has 0 unspecified atom stereocenters. The van der Waals surface area contributed by atoms with Crippen molar-refractivity contribution in [1.29, 1.82) is 0 Å². The van der Waals surface area contributed by atoms with Gasteiger partial charge in [0.2, 0.25) is 0 Å². The van der Waals surface area contributed by atoms with Crippen LogP contribution in [0.2, 0.25) is 5.02 Å². The number of carboxylic acids is 1. The average molecular weight is 458 g/mol. The van der Waals surface area contributed by atoms with E-state index in [-0.39, 0.29) is 22.0 Å². The molecule has 0 saturated carbocycles. The van der Waals surface area contributed by atoms with Gasteiger partial charge in [0, 0.05) is 11.6 Å². The van der Waals surface area contributed by atoms with Gasteiger partial charge in [0.05, 0.1) is 22.0 Å². The van der Waals surface area contributed by atoms with E-state index in [1.807, 2.05) is 0 Å². The van der Waals surface area contributed by atoms with Gasteiger partial charge in [-0.1, -0.05) is 23.7 Å². The van der Waals surface area contributed by atoms with E-state index in [0.717, 1.165) is 16.7 Å². The Morgan fingerprint density at radius 1 is 1.13 bits per heavy atom. The first-order valence-electron chi connectivity index (χ1n) is 8.94. The molecule has 1 aliphatic rings. The minimum absolute atomic E-state index is 0.0361. The lowest BCUT2D eigenvalue weighted by Crippen LogP contribution is -2.27. The number of aromatic carboxylic acids is 1. The lowest BCUT2D eigenvalue weighted by atomic mass is 10.1. The van der Waals surface area contributed by atoms with Gasteiger partial charge in [-0.3, -0.25) is 14.5 Å². The number of hydrogen-bond acceptors (Lipinski definition) is 5. The summed E-state index contributed by atoms with van der Waals surface area (Å²) in [5.41, 5.74) is 1.08. The maximum atomic E-state index is 13.1. The van der Waals surface area contributed by atoms with Crippen LogP contribution in [-0.4, -0.2) is 27.1 Å². The predicted octanol–water partition coefficient (Wildman–Crippen LogP) is 5.67. The van der Waals surface area contributed by atoms with Gasteiger partial charge in [0.25, 0.3) is 11.1 Å². The Bertz CT molecular complexity index is 1230. The minimum atomic E-state index is -1.16. The Morgan fingerprint density at radius 2 is 1.87 bits per heavy atom. The Hall–Kier alpha value is -3.36. The van der Waals surface area contributed by atoms with Crippen molar-refractivity contribution in [2.24, 2.45) is 0 Å². The van der Waals surface area contributed by atoms with Gasteiger partial charge in [-0.25, -0.2) is 9.18 Å². The second-order valence-electron chi connectivity index (χ2n) is 6.60. The van der Waals surface area contributed by atoms with Crippen molar-refractivity contribution in [2.75, 3.05) is 0 Å². The van der Waals surface area contributed by atoms with E-state index in [4.69, 9.17) is 16.0 Å². The molecular formula is C22H13ClFNO5S. The Labute approximate surface area is 184 Å². The van der Waals surface area contributed by atoms with Gasteiger partial charge in [0.1, 0.15) is 17.3 Å². The van der Waals surface area contributed by atoms with Gasteiger partial charge in [-0.2, -0.15) is 0 Å². The first-order valence-corrected chi connectivity index (χ1v) is 10.1. The number of imide groups is 1. The molecule has 1 aromatic heterocycles. The zero-order valence-corrected chi connectivity index (χ0v) is 17.2. The summed E-state index contributed by atoms with van der Waals surface area (Å²) in [6.07, 6.45) is 1.45. The summed E-state index contributed by atoms with van der Waals surface area (Å²) in [7, 11) is 0. The SMILES string of the molecule is O=C(O)c1cc(-c2ccc(C=C3SC(=O)N(Cc4ccc(F)cc4)C3=O)o2)ccc1Cl. The number of carboxylic acid groups (broad SMARTS) is 1. The molecule has 3 aromatic rings. The summed E-state index contributed by atoms with van der Waals surface area (Å²) in [6.45, 7) is 0.0361. The van der Waals surface area contributed by atoms with Gasteiger partial charge < -0.3 is 9.52 Å². The standard InChI is InChI=1S/C22H13ClFNO5S/c23-17-7-3-13(9-16(17)21(27)28)18-8-6-15(30-18)10-19-20(26)25(22(29)31-19)11-12-1-4-14(24)5-2-12/h1-10H,11H2,(H,27,28). The normalized spacial score (nSPS) is 15.2. The molecule has 156 valence electrons. The molecule has 6 nitrogen and oxygen atoms in total. The smallest absolute Gasteiger partial charge is 0.337 e. The Morgan fingerprint density at radius 3 is 2.58 bits per heavy atom. The number of benzene rings is 2. The summed E-state index contributed by atoms with van der Waals surface area (Å²) in [5, 5.41) is 8.89. The number of thioether (sulfide) groups is 1. The molecule has 2 heterocycles. The first-order chi connectivity index (χ1) is 14.8. The molecule has 0 spiro atoms. The van der Waals surface area contributed by atoms with Crippen molar-refractivity contribution in [1.82, 2.24) is 4.90 Å². The predicted molar refractivity (Wildman–Crippen MR) is 114 cm³/mol. The minimum Gasteiger partial charge on any atom is -0.478 e. The fraction of sp³-hybridized carbons (Fsp3) is 0.0455. The molecule has 9 heteroatoms. The van der Waals surface area contributed by atoms with Crippen LogP contribution in [0.4, 0.5) is 9.18 Å². The topological polar surface area (TPSA) is 87.8 Å². The van der Waals surface area contributed by atoms with E-state index in [1.165, 1.54) is 42.5 Å². The highest BCUT2D eigenvalue weighted by atomic mass is 35.5. The second kappa shape index (κ2) is 8.41. The summed E-state index contributed by atoms with van der Waals surface area (Å²) in [6, 6.07) is 13.3. The van der Waals surface area contributed by atoms with Crippen LogP contribution in [-0.2, 0) is 11.3 Å². The summed E-state index contributed by atoms with van der Waals surface area (Å²) >= 11 is 6.67. The van der Waals surface area contributed by atoms with Crippen LogP contribution in [0.5, 0.6) is 0 Å². The van der Waals surface area contributed by atoms with Crippen LogP contribution in [0.3, 0.4) is 0 Å². The third kappa shape index (κ3) is 4.40. The number of rotatable bonds is 5. The molecule has 0 radical (unpaired) electrons. The van der Waals surface area contributed by atoms with Crippen LogP contribution in [0, 0.1) is 5.82 Å². The van der Waals surface area contributed by atoms with Crippen LogP contribution in [0.25, 0.3) is 17.4 Å². The molecule has 1 saturated heterocycles. The fourth-order valence-electron chi connectivity index (χ4n) is 2.97. The summed E-state index contributed by atoms with van der Waals surface area (Å²) in [5.74, 6) is -1.32. The molecule has 1 aliphatic heterocycles. The lowest BCUT2D eigenvalue weighted by molar-refractivity contribution is -0.123. The largest absolute Gasteiger partial charge is 0.478 e. The number of furan rings is 1. The van der Waals surface area contributed by atoms with Crippen LogP contribution < -0.4 is 0 Å². The highest BCUT2D eigenvalue weighted by Crippen LogP contribution is 2.34. The maximum Gasteiger partial charge on any atom is 0.337 e. The van der Waals surface area contributed by atoms with Crippen molar-refractivity contribution >= 4 is 46.6 Å². The number of carbonyl (C=O) groups is 3. The molecule has 0 atom stereocenters. The van der Waals surface area contributed by atoms with Crippen LogP contribution in [0.1, 0.15) is 21.7 Å². The monoisotopic (exact) mass is 457 g/mol. The van der Waals surface area contributed by atoms with E-state index in [0.29, 0.717) is 22.6 Å². The first kappa shape index (κ1) is 20.9. The summed E-state index contributed by atoms with van der Waals surface area (Å²) in [4.78, 5) is 37.4. The van der Waals surface area contributed by atoms with Gasteiger partial charge in [-0.05, 0) is 59.8 Å². The van der Waals surface area contributed by atoms with Gasteiger partial charge >= 0.3 is 5.97 Å². The maximum absolute atomic E-state index is 13.1. The Kier molecular flexibility index (Phi) is 5.67. The Balaban J connectivity index is 1.55.